The maximum atomic E-state index is 13.0. The zero-order valence-electron chi connectivity index (χ0n) is 13.5. The molecule has 0 aliphatic heterocycles. The molecule has 22 heavy (non-hydrogen) atoms. The summed E-state index contributed by atoms with van der Waals surface area (Å²) in [6.07, 6.45) is 1.79. The van der Waals surface area contributed by atoms with Crippen LogP contribution in [0.2, 0.25) is 5.02 Å². The zero-order chi connectivity index (χ0) is 16.7. The molecule has 0 aliphatic rings. The number of carbonyl (C=O) groups excluding carboxylic acids is 1. The molecule has 4 nitrogen and oxygen atoms in total. The quantitative estimate of drug-likeness (QED) is 0.569. The molecule has 0 atom stereocenters. The molecule has 0 aromatic heterocycles. The van der Waals surface area contributed by atoms with E-state index in [0.29, 0.717) is 29.5 Å². The van der Waals surface area contributed by atoms with Crippen molar-refractivity contribution < 1.29 is 14.3 Å². The summed E-state index contributed by atoms with van der Waals surface area (Å²) < 4.78 is 11.4. The van der Waals surface area contributed by atoms with E-state index in [1.54, 1.807) is 26.4 Å². The third-order valence-electron chi connectivity index (χ3n) is 3.65. The lowest BCUT2D eigenvalue weighted by molar-refractivity contribution is 0.0586. The second-order valence-electron chi connectivity index (χ2n) is 4.93. The van der Waals surface area contributed by atoms with Gasteiger partial charge in [0.25, 0.3) is 5.91 Å². The molecule has 0 spiro atoms. The second-order valence-corrected chi connectivity index (χ2v) is 6.50. The molecule has 0 radical (unpaired) electrons. The van der Waals surface area contributed by atoms with E-state index in [1.807, 2.05) is 4.90 Å². The summed E-state index contributed by atoms with van der Waals surface area (Å²) in [5, 5.41) is 0.556. The smallest absolute Gasteiger partial charge is 0.258 e. The molecule has 1 aromatic rings. The maximum absolute atomic E-state index is 13.0. The first-order chi connectivity index (χ1) is 10.5. The number of benzene rings is 1. The van der Waals surface area contributed by atoms with Crippen LogP contribution in [0.3, 0.4) is 0 Å². The fourth-order valence-corrected chi connectivity index (χ4v) is 2.99. The number of carbonyl (C=O) groups is 1. The minimum atomic E-state index is -0.0686. The van der Waals surface area contributed by atoms with Gasteiger partial charge < -0.3 is 14.4 Å². The second kappa shape index (κ2) is 9.57. The van der Waals surface area contributed by atoms with Crippen molar-refractivity contribution in [3.63, 3.8) is 0 Å². The van der Waals surface area contributed by atoms with E-state index in [4.69, 9.17) is 21.1 Å². The van der Waals surface area contributed by atoms with Gasteiger partial charge in [0.15, 0.2) is 0 Å². The number of nitrogens with zero attached hydrogens (tertiary/aromatic N) is 1. The standard InChI is InChI=1S/C16H23ClINO3/c1-5-11(6-2)19(7-8-21-3)16(20)12-9-13(17)14(18)10-15(12)22-4/h9-11H,5-8H2,1-4H3. The summed E-state index contributed by atoms with van der Waals surface area (Å²) in [4.78, 5) is 14.8. The van der Waals surface area contributed by atoms with Crippen molar-refractivity contribution in [1.29, 1.82) is 0 Å². The van der Waals surface area contributed by atoms with E-state index < -0.39 is 0 Å². The molecule has 1 amide bonds. The number of amides is 1. The van der Waals surface area contributed by atoms with Crippen LogP contribution >= 0.6 is 34.2 Å². The van der Waals surface area contributed by atoms with Crippen molar-refractivity contribution >= 4 is 40.1 Å². The highest BCUT2D eigenvalue weighted by Gasteiger charge is 2.25. The first kappa shape index (κ1) is 19.5. The summed E-state index contributed by atoms with van der Waals surface area (Å²) in [5.74, 6) is 0.480. The molecule has 0 N–H and O–H groups in total. The molecule has 0 unspecified atom stereocenters. The van der Waals surface area contributed by atoms with Crippen molar-refractivity contribution in [2.45, 2.75) is 32.7 Å². The predicted molar refractivity (Wildman–Crippen MR) is 98.0 cm³/mol. The van der Waals surface area contributed by atoms with Crippen LogP contribution in [0.5, 0.6) is 5.75 Å². The van der Waals surface area contributed by atoms with Gasteiger partial charge in [0.1, 0.15) is 5.75 Å². The van der Waals surface area contributed by atoms with E-state index in [-0.39, 0.29) is 11.9 Å². The minimum absolute atomic E-state index is 0.0686. The monoisotopic (exact) mass is 439 g/mol. The average molecular weight is 440 g/mol. The van der Waals surface area contributed by atoms with E-state index in [0.717, 1.165) is 16.4 Å². The van der Waals surface area contributed by atoms with Gasteiger partial charge >= 0.3 is 0 Å². The summed E-state index contributed by atoms with van der Waals surface area (Å²) in [6.45, 7) is 5.22. The topological polar surface area (TPSA) is 38.8 Å². The molecule has 0 heterocycles. The van der Waals surface area contributed by atoms with Crippen LogP contribution < -0.4 is 4.74 Å². The van der Waals surface area contributed by atoms with Crippen LogP contribution in [0, 0.1) is 3.57 Å². The average Bonchev–Trinajstić information content (AvgIpc) is 2.53. The Morgan fingerprint density at radius 1 is 1.32 bits per heavy atom. The lowest BCUT2D eigenvalue weighted by Gasteiger charge is -2.31. The van der Waals surface area contributed by atoms with Crippen LogP contribution in [0.15, 0.2) is 12.1 Å². The van der Waals surface area contributed by atoms with Crippen molar-refractivity contribution in [3.8, 4) is 5.75 Å². The lowest BCUT2D eigenvalue weighted by Crippen LogP contribution is -2.42. The third kappa shape index (κ3) is 4.73. The highest BCUT2D eigenvalue weighted by atomic mass is 127. The Hall–Kier alpha value is -0.530. The van der Waals surface area contributed by atoms with Gasteiger partial charge in [-0.15, -0.1) is 0 Å². The molecule has 0 bridgehead atoms. The Morgan fingerprint density at radius 2 is 1.95 bits per heavy atom. The Morgan fingerprint density at radius 3 is 2.45 bits per heavy atom. The number of hydrogen-bond acceptors (Lipinski definition) is 3. The van der Waals surface area contributed by atoms with Gasteiger partial charge in [0.2, 0.25) is 0 Å². The van der Waals surface area contributed by atoms with Gasteiger partial charge in [0.05, 0.1) is 24.3 Å². The molecule has 0 saturated heterocycles. The third-order valence-corrected chi connectivity index (χ3v) is 5.18. The summed E-state index contributed by atoms with van der Waals surface area (Å²) in [5.41, 5.74) is 0.496. The molecule has 0 aliphatic carbocycles. The normalized spacial score (nSPS) is 10.9. The number of halogens is 2. The van der Waals surface area contributed by atoms with Gasteiger partial charge in [0, 0.05) is 23.3 Å². The van der Waals surface area contributed by atoms with Crippen LogP contribution in [-0.2, 0) is 4.74 Å². The Bertz CT molecular complexity index is 506. The minimum Gasteiger partial charge on any atom is -0.496 e. The number of methoxy groups -OCH3 is 2. The number of rotatable bonds is 8. The SMILES string of the molecule is CCC(CC)N(CCOC)C(=O)c1cc(Cl)c(I)cc1OC. The van der Waals surface area contributed by atoms with Gasteiger partial charge in [-0.25, -0.2) is 0 Å². The van der Waals surface area contributed by atoms with Gasteiger partial charge in [-0.3, -0.25) is 4.79 Å². The van der Waals surface area contributed by atoms with Crippen LogP contribution in [0.4, 0.5) is 0 Å². The number of hydrogen-bond donors (Lipinski definition) is 0. The zero-order valence-corrected chi connectivity index (χ0v) is 16.4. The van der Waals surface area contributed by atoms with Crippen LogP contribution in [-0.4, -0.2) is 44.2 Å². The van der Waals surface area contributed by atoms with Crippen molar-refractivity contribution in [2.24, 2.45) is 0 Å². The highest BCUT2D eigenvalue weighted by Crippen LogP contribution is 2.30. The van der Waals surface area contributed by atoms with Gasteiger partial charge in [-0.1, -0.05) is 25.4 Å². The summed E-state index contributed by atoms with van der Waals surface area (Å²) >= 11 is 8.31. The predicted octanol–water partition coefficient (Wildman–Crippen LogP) is 4.23. The first-order valence-corrected chi connectivity index (χ1v) is 8.78. The van der Waals surface area contributed by atoms with Crippen LogP contribution in [0.1, 0.15) is 37.0 Å². The van der Waals surface area contributed by atoms with E-state index in [9.17, 15) is 4.79 Å². The highest BCUT2D eigenvalue weighted by molar-refractivity contribution is 14.1. The van der Waals surface area contributed by atoms with Crippen molar-refractivity contribution in [2.75, 3.05) is 27.4 Å². The Kier molecular flexibility index (Phi) is 8.49. The lowest BCUT2D eigenvalue weighted by atomic mass is 10.1. The Labute approximate surface area is 151 Å². The van der Waals surface area contributed by atoms with E-state index in [2.05, 4.69) is 36.4 Å². The van der Waals surface area contributed by atoms with Crippen molar-refractivity contribution in [1.82, 2.24) is 4.90 Å². The molecule has 1 aromatic carbocycles. The maximum Gasteiger partial charge on any atom is 0.258 e. The summed E-state index contributed by atoms with van der Waals surface area (Å²) in [6, 6.07) is 3.65. The molecule has 1 rings (SSSR count). The van der Waals surface area contributed by atoms with E-state index >= 15 is 0 Å². The van der Waals surface area contributed by atoms with Gasteiger partial charge in [-0.2, -0.15) is 0 Å². The van der Waals surface area contributed by atoms with Crippen LogP contribution in [0.25, 0.3) is 0 Å². The fraction of sp³-hybridized carbons (Fsp3) is 0.562. The first-order valence-electron chi connectivity index (χ1n) is 7.32. The largest absolute Gasteiger partial charge is 0.496 e. The molecule has 124 valence electrons. The molecule has 6 heteroatoms. The Balaban J connectivity index is 3.20. The van der Waals surface area contributed by atoms with Crippen molar-refractivity contribution in [3.05, 3.63) is 26.3 Å². The molecule has 0 fully saturated rings. The van der Waals surface area contributed by atoms with Gasteiger partial charge in [-0.05, 0) is 47.6 Å². The number of ether oxygens (including phenoxy) is 2. The fourth-order valence-electron chi connectivity index (χ4n) is 2.39. The molecular weight excluding hydrogens is 417 g/mol. The summed E-state index contributed by atoms with van der Waals surface area (Å²) in [7, 11) is 3.20. The molecular formula is C16H23ClINO3. The van der Waals surface area contributed by atoms with E-state index in [1.165, 1.54) is 0 Å². The molecule has 0 saturated carbocycles.